The summed E-state index contributed by atoms with van der Waals surface area (Å²) in [6.07, 6.45) is 2.03. The molecule has 2 nitrogen and oxygen atoms in total. The molecular weight excluding hydrogens is 234 g/mol. The van der Waals surface area contributed by atoms with Crippen LogP contribution in [-0.2, 0) is 6.42 Å². The average molecular weight is 244 g/mol. The van der Waals surface area contributed by atoms with Gasteiger partial charge in [-0.2, -0.15) is 5.26 Å². The number of rotatable bonds is 2. The van der Waals surface area contributed by atoms with E-state index in [-0.39, 0.29) is 11.3 Å². The van der Waals surface area contributed by atoms with Gasteiger partial charge in [-0.3, -0.25) is 0 Å². The normalized spacial score (nSPS) is 10.1. The molecule has 0 unspecified atom stereocenters. The average Bonchev–Trinajstić information content (AvgIpc) is 2.38. The maximum absolute atomic E-state index is 13.8. The number of halogens is 2. The summed E-state index contributed by atoms with van der Waals surface area (Å²) in [5, 5.41) is 8.58. The number of aromatic nitrogens is 1. The van der Waals surface area contributed by atoms with Gasteiger partial charge in [-0.1, -0.05) is 19.1 Å². The molecule has 1 aromatic carbocycles. The molecule has 4 heteroatoms. The highest BCUT2D eigenvalue weighted by Gasteiger charge is 2.10. The maximum Gasteiger partial charge on any atom is 0.176 e. The van der Waals surface area contributed by atoms with Gasteiger partial charge in [-0.05, 0) is 24.1 Å². The lowest BCUT2D eigenvalue weighted by atomic mass is 10.0. The first-order valence-corrected chi connectivity index (χ1v) is 5.50. The summed E-state index contributed by atoms with van der Waals surface area (Å²) in [6, 6.07) is 7.55. The number of hydrogen-bond acceptors (Lipinski definition) is 2. The molecule has 2 rings (SSSR count). The van der Waals surface area contributed by atoms with Crippen LogP contribution < -0.4 is 0 Å². The largest absolute Gasteiger partial charge is 0.242 e. The highest BCUT2D eigenvalue weighted by atomic mass is 19.1. The molecule has 0 aliphatic carbocycles. The van der Waals surface area contributed by atoms with Gasteiger partial charge in [-0.25, -0.2) is 13.8 Å². The first-order chi connectivity index (χ1) is 8.65. The van der Waals surface area contributed by atoms with Crippen molar-refractivity contribution in [2.45, 2.75) is 13.3 Å². The van der Waals surface area contributed by atoms with Gasteiger partial charge in [-0.15, -0.1) is 0 Å². The summed E-state index contributed by atoms with van der Waals surface area (Å²) in [6.45, 7) is 1.93. The number of benzene rings is 1. The molecule has 0 bridgehead atoms. The number of nitrogens with zero attached hydrogens (tertiary/aromatic N) is 2. The van der Waals surface area contributed by atoms with Crippen LogP contribution in [0.2, 0.25) is 0 Å². The zero-order valence-corrected chi connectivity index (χ0v) is 9.74. The van der Waals surface area contributed by atoms with E-state index in [1.165, 1.54) is 12.3 Å². The Hall–Kier alpha value is -2.28. The summed E-state index contributed by atoms with van der Waals surface area (Å²) >= 11 is 0. The van der Waals surface area contributed by atoms with E-state index in [0.717, 1.165) is 18.1 Å². The van der Waals surface area contributed by atoms with Gasteiger partial charge in [0.15, 0.2) is 11.5 Å². The third-order valence-electron chi connectivity index (χ3n) is 2.70. The minimum absolute atomic E-state index is 0.281. The molecule has 2 aromatic rings. The number of hydrogen-bond donors (Lipinski definition) is 0. The van der Waals surface area contributed by atoms with Gasteiger partial charge >= 0.3 is 0 Å². The second-order valence-electron chi connectivity index (χ2n) is 3.83. The first kappa shape index (κ1) is 12.2. The predicted octanol–water partition coefficient (Wildman–Crippen LogP) is 3.46. The fraction of sp³-hybridized carbons (Fsp3) is 0.143. The van der Waals surface area contributed by atoms with Gasteiger partial charge in [0.05, 0.1) is 0 Å². The molecule has 0 aliphatic heterocycles. The molecule has 18 heavy (non-hydrogen) atoms. The van der Waals surface area contributed by atoms with Gasteiger partial charge < -0.3 is 0 Å². The fourth-order valence-electron chi connectivity index (χ4n) is 1.68. The lowest BCUT2D eigenvalue weighted by Crippen LogP contribution is -1.93. The smallest absolute Gasteiger partial charge is 0.176 e. The first-order valence-electron chi connectivity index (χ1n) is 5.50. The van der Waals surface area contributed by atoms with Crippen LogP contribution in [0.4, 0.5) is 8.78 Å². The standard InChI is InChI=1S/C14H10F2N2/c1-2-9-3-4-11(12(15)5-9)10-6-13(16)14(7-17)18-8-10/h3-6,8H,2H2,1H3. The van der Waals surface area contributed by atoms with Gasteiger partial charge in [0.25, 0.3) is 0 Å². The minimum Gasteiger partial charge on any atom is -0.242 e. The van der Waals surface area contributed by atoms with E-state index in [0.29, 0.717) is 5.56 Å². The topological polar surface area (TPSA) is 36.7 Å². The molecule has 1 aromatic heterocycles. The monoisotopic (exact) mass is 244 g/mol. The minimum atomic E-state index is -0.742. The van der Waals surface area contributed by atoms with Crippen molar-refractivity contribution in [1.82, 2.24) is 4.98 Å². The Morgan fingerprint density at radius 3 is 2.56 bits per heavy atom. The van der Waals surface area contributed by atoms with E-state index in [9.17, 15) is 8.78 Å². The van der Waals surface area contributed by atoms with Gasteiger partial charge in [0, 0.05) is 17.3 Å². The van der Waals surface area contributed by atoms with E-state index >= 15 is 0 Å². The molecule has 0 N–H and O–H groups in total. The molecular formula is C14H10F2N2. The molecule has 0 saturated carbocycles. The van der Waals surface area contributed by atoms with Crippen molar-refractivity contribution in [3.8, 4) is 17.2 Å². The highest BCUT2D eigenvalue weighted by molar-refractivity contribution is 5.64. The quantitative estimate of drug-likeness (QED) is 0.811. The highest BCUT2D eigenvalue weighted by Crippen LogP contribution is 2.24. The van der Waals surface area contributed by atoms with Crippen LogP contribution >= 0.6 is 0 Å². The van der Waals surface area contributed by atoms with Crippen LogP contribution in [0.25, 0.3) is 11.1 Å². The zero-order valence-electron chi connectivity index (χ0n) is 9.74. The molecule has 90 valence electrons. The maximum atomic E-state index is 13.8. The van der Waals surface area contributed by atoms with E-state index < -0.39 is 11.6 Å². The second-order valence-corrected chi connectivity index (χ2v) is 3.83. The van der Waals surface area contributed by atoms with E-state index in [2.05, 4.69) is 4.98 Å². The Morgan fingerprint density at radius 2 is 2.00 bits per heavy atom. The summed E-state index contributed by atoms with van der Waals surface area (Å²) in [7, 11) is 0. The van der Waals surface area contributed by atoms with Crippen LogP contribution in [0.15, 0.2) is 30.5 Å². The number of aryl methyl sites for hydroxylation is 1. The molecule has 1 heterocycles. The molecule has 0 fully saturated rings. The molecule has 0 saturated heterocycles. The van der Waals surface area contributed by atoms with Crippen molar-refractivity contribution in [3.63, 3.8) is 0 Å². The molecule has 0 aliphatic rings. The Labute approximate surface area is 104 Å². The van der Waals surface area contributed by atoms with Crippen LogP contribution in [0.5, 0.6) is 0 Å². The summed E-state index contributed by atoms with van der Waals surface area (Å²) in [5.41, 5.74) is 1.19. The Bertz CT molecular complexity index is 630. The van der Waals surface area contributed by atoms with Crippen molar-refractivity contribution in [1.29, 1.82) is 5.26 Å². The van der Waals surface area contributed by atoms with E-state index in [4.69, 9.17) is 5.26 Å². The van der Waals surface area contributed by atoms with Crippen molar-refractivity contribution < 1.29 is 8.78 Å². The molecule has 0 spiro atoms. The van der Waals surface area contributed by atoms with Gasteiger partial charge in [0.2, 0.25) is 0 Å². The van der Waals surface area contributed by atoms with Crippen molar-refractivity contribution in [2.24, 2.45) is 0 Å². The Kier molecular flexibility index (Phi) is 3.33. The number of nitriles is 1. The summed E-state index contributed by atoms with van der Waals surface area (Å²) in [5.74, 6) is -1.16. The number of pyridine rings is 1. The van der Waals surface area contributed by atoms with Crippen molar-refractivity contribution in [2.75, 3.05) is 0 Å². The fourth-order valence-corrected chi connectivity index (χ4v) is 1.68. The predicted molar refractivity (Wildman–Crippen MR) is 63.7 cm³/mol. The lowest BCUT2D eigenvalue weighted by Gasteiger charge is -2.05. The van der Waals surface area contributed by atoms with Crippen molar-refractivity contribution in [3.05, 3.63) is 53.4 Å². The van der Waals surface area contributed by atoms with Gasteiger partial charge in [0.1, 0.15) is 11.9 Å². The van der Waals surface area contributed by atoms with Crippen LogP contribution in [0.3, 0.4) is 0 Å². The molecule has 0 amide bonds. The SMILES string of the molecule is CCc1ccc(-c2cnc(C#N)c(F)c2)c(F)c1. The van der Waals surface area contributed by atoms with Crippen molar-refractivity contribution >= 4 is 0 Å². The second kappa shape index (κ2) is 4.92. The molecule has 0 atom stereocenters. The Morgan fingerprint density at radius 1 is 1.22 bits per heavy atom. The summed E-state index contributed by atoms with van der Waals surface area (Å²) in [4.78, 5) is 3.65. The van der Waals surface area contributed by atoms with Crippen LogP contribution in [0, 0.1) is 23.0 Å². The van der Waals surface area contributed by atoms with Crippen LogP contribution in [-0.4, -0.2) is 4.98 Å². The molecule has 0 radical (unpaired) electrons. The zero-order chi connectivity index (χ0) is 13.1. The third-order valence-corrected chi connectivity index (χ3v) is 2.70. The van der Waals surface area contributed by atoms with E-state index in [1.54, 1.807) is 18.2 Å². The Balaban J connectivity index is 2.49. The summed E-state index contributed by atoms with van der Waals surface area (Å²) < 4.78 is 27.2. The van der Waals surface area contributed by atoms with Crippen LogP contribution in [0.1, 0.15) is 18.2 Å². The van der Waals surface area contributed by atoms with E-state index in [1.807, 2.05) is 6.92 Å². The third kappa shape index (κ3) is 2.21. The lowest BCUT2D eigenvalue weighted by molar-refractivity contribution is 0.615.